The molecule has 0 aliphatic heterocycles. The molecule has 1 saturated carbocycles. The number of pyridine rings is 1. The lowest BCUT2D eigenvalue weighted by Crippen LogP contribution is -2.18. The van der Waals surface area contributed by atoms with Gasteiger partial charge in [-0.3, -0.25) is 4.98 Å². The molecule has 2 nitrogen and oxygen atoms in total. The van der Waals surface area contributed by atoms with Crippen LogP contribution in [0.4, 0.5) is 0 Å². The number of rotatable bonds is 3. The van der Waals surface area contributed by atoms with Crippen molar-refractivity contribution in [3.8, 4) is 6.07 Å². The van der Waals surface area contributed by atoms with Crippen LogP contribution in [0.25, 0.3) is 0 Å². The molecule has 0 bridgehead atoms. The molecule has 1 aliphatic rings. The van der Waals surface area contributed by atoms with Gasteiger partial charge in [0.2, 0.25) is 0 Å². The minimum atomic E-state index is -0.165. The van der Waals surface area contributed by atoms with Gasteiger partial charge in [-0.15, -0.1) is 0 Å². The van der Waals surface area contributed by atoms with E-state index in [4.69, 9.17) is 0 Å². The van der Waals surface area contributed by atoms with E-state index in [-0.39, 0.29) is 5.41 Å². The molecule has 17 heavy (non-hydrogen) atoms. The highest BCUT2D eigenvalue weighted by Gasteiger charge is 2.39. The van der Waals surface area contributed by atoms with Crippen LogP contribution in [0.3, 0.4) is 0 Å². The fourth-order valence-corrected chi connectivity index (χ4v) is 2.98. The second-order valence-corrected chi connectivity index (χ2v) is 5.97. The highest BCUT2D eigenvalue weighted by atomic mass is 79.9. The lowest BCUT2D eigenvalue weighted by atomic mass is 9.82. The van der Waals surface area contributed by atoms with Crippen LogP contribution in [0.2, 0.25) is 0 Å². The van der Waals surface area contributed by atoms with Crippen molar-refractivity contribution in [2.75, 3.05) is 0 Å². The average Bonchev–Trinajstić information content (AvgIpc) is 2.76. The van der Waals surface area contributed by atoms with Gasteiger partial charge in [0.05, 0.1) is 11.5 Å². The second-order valence-electron chi connectivity index (χ2n) is 5.05. The second kappa shape index (κ2) is 5.18. The maximum absolute atomic E-state index is 9.46. The first-order valence-corrected chi connectivity index (χ1v) is 6.98. The molecule has 0 spiro atoms. The molecule has 0 amide bonds. The number of nitriles is 1. The summed E-state index contributed by atoms with van der Waals surface area (Å²) in [6.45, 7) is 2.22. The van der Waals surface area contributed by atoms with E-state index in [2.05, 4.69) is 33.9 Å². The van der Waals surface area contributed by atoms with Gasteiger partial charge in [-0.1, -0.05) is 13.3 Å². The predicted molar refractivity (Wildman–Crippen MR) is 71.3 cm³/mol. The lowest BCUT2D eigenvalue weighted by Gasteiger charge is -2.20. The van der Waals surface area contributed by atoms with Crippen molar-refractivity contribution in [3.63, 3.8) is 0 Å². The summed E-state index contributed by atoms with van der Waals surface area (Å²) in [6, 6.07) is 6.57. The summed E-state index contributed by atoms with van der Waals surface area (Å²) in [4.78, 5) is 4.39. The van der Waals surface area contributed by atoms with Gasteiger partial charge in [0.15, 0.2) is 0 Å². The van der Waals surface area contributed by atoms with E-state index in [1.165, 1.54) is 12.8 Å². The summed E-state index contributed by atoms with van der Waals surface area (Å²) in [6.07, 6.45) is 7.06. The minimum absolute atomic E-state index is 0.165. The Bertz CT molecular complexity index is 421. The minimum Gasteiger partial charge on any atom is -0.260 e. The highest BCUT2D eigenvalue weighted by molar-refractivity contribution is 9.10. The molecule has 2 atom stereocenters. The summed E-state index contributed by atoms with van der Waals surface area (Å²) >= 11 is 3.38. The maximum Gasteiger partial charge on any atom is 0.0693 e. The summed E-state index contributed by atoms with van der Waals surface area (Å²) in [5, 5.41) is 9.46. The summed E-state index contributed by atoms with van der Waals surface area (Å²) in [5.74, 6) is 0.727. The monoisotopic (exact) mass is 292 g/mol. The molecule has 2 unspecified atom stereocenters. The zero-order chi connectivity index (χ0) is 12.3. The van der Waals surface area contributed by atoms with Crippen molar-refractivity contribution >= 4 is 15.9 Å². The van der Waals surface area contributed by atoms with Crippen molar-refractivity contribution in [1.82, 2.24) is 4.98 Å². The van der Waals surface area contributed by atoms with Gasteiger partial charge in [-0.05, 0) is 53.2 Å². The maximum atomic E-state index is 9.46. The van der Waals surface area contributed by atoms with E-state index >= 15 is 0 Å². The molecule has 1 aliphatic carbocycles. The van der Waals surface area contributed by atoms with Gasteiger partial charge in [-0.25, -0.2) is 0 Å². The molecule has 1 aromatic rings. The molecule has 2 rings (SSSR count). The van der Waals surface area contributed by atoms with Gasteiger partial charge in [0.1, 0.15) is 0 Å². The Morgan fingerprint density at radius 1 is 1.59 bits per heavy atom. The molecular weight excluding hydrogens is 276 g/mol. The zero-order valence-corrected chi connectivity index (χ0v) is 11.7. The van der Waals surface area contributed by atoms with Crippen molar-refractivity contribution < 1.29 is 0 Å². The molecule has 90 valence electrons. The van der Waals surface area contributed by atoms with Gasteiger partial charge in [0, 0.05) is 22.8 Å². The Labute approximate surface area is 111 Å². The summed E-state index contributed by atoms with van der Waals surface area (Å²) in [7, 11) is 0. The first-order valence-electron chi connectivity index (χ1n) is 6.19. The van der Waals surface area contributed by atoms with Gasteiger partial charge in [-0.2, -0.15) is 5.26 Å². The topological polar surface area (TPSA) is 36.7 Å². The highest BCUT2D eigenvalue weighted by Crippen LogP contribution is 2.44. The number of hydrogen-bond acceptors (Lipinski definition) is 2. The number of hydrogen-bond donors (Lipinski definition) is 0. The number of halogens is 1. The normalized spacial score (nSPS) is 27.9. The van der Waals surface area contributed by atoms with E-state index in [1.807, 2.05) is 18.3 Å². The van der Waals surface area contributed by atoms with Crippen molar-refractivity contribution in [3.05, 3.63) is 28.5 Å². The van der Waals surface area contributed by atoms with Crippen LogP contribution < -0.4 is 0 Å². The molecule has 1 aromatic heterocycles. The third kappa shape index (κ3) is 2.87. The SMILES string of the molecule is CCC1CCC(C#N)(Cc2ccc(Br)cn2)C1. The Hall–Kier alpha value is -0.880. The van der Waals surface area contributed by atoms with E-state index in [9.17, 15) is 5.26 Å². The Morgan fingerprint density at radius 3 is 2.94 bits per heavy atom. The van der Waals surface area contributed by atoms with Gasteiger partial charge < -0.3 is 0 Å². The van der Waals surface area contributed by atoms with Crippen molar-refractivity contribution in [2.45, 2.75) is 39.0 Å². The molecular formula is C14H17BrN2. The number of nitrogens with zero attached hydrogens (tertiary/aromatic N) is 2. The predicted octanol–water partition coefficient (Wildman–Crippen LogP) is 4.11. The van der Waals surface area contributed by atoms with E-state index < -0.39 is 0 Å². The fourth-order valence-electron chi connectivity index (χ4n) is 2.74. The largest absolute Gasteiger partial charge is 0.260 e. The van der Waals surface area contributed by atoms with Crippen LogP contribution in [-0.2, 0) is 6.42 Å². The average molecular weight is 293 g/mol. The van der Waals surface area contributed by atoms with Crippen molar-refractivity contribution in [1.29, 1.82) is 5.26 Å². The first kappa shape index (κ1) is 12.6. The molecule has 3 heteroatoms. The Morgan fingerprint density at radius 2 is 2.41 bits per heavy atom. The third-order valence-corrected chi connectivity index (χ3v) is 4.30. The van der Waals surface area contributed by atoms with Gasteiger partial charge >= 0.3 is 0 Å². The first-order chi connectivity index (χ1) is 8.17. The van der Waals surface area contributed by atoms with Crippen LogP contribution in [0, 0.1) is 22.7 Å². The molecule has 1 heterocycles. The van der Waals surface area contributed by atoms with Crippen LogP contribution >= 0.6 is 15.9 Å². The molecule has 0 saturated heterocycles. The Kier molecular flexibility index (Phi) is 3.83. The van der Waals surface area contributed by atoms with E-state index in [1.54, 1.807) is 0 Å². The van der Waals surface area contributed by atoms with Crippen LogP contribution in [0.1, 0.15) is 38.3 Å². The summed E-state index contributed by atoms with van der Waals surface area (Å²) in [5.41, 5.74) is 0.869. The van der Waals surface area contributed by atoms with Crippen LogP contribution in [-0.4, -0.2) is 4.98 Å². The third-order valence-electron chi connectivity index (χ3n) is 3.83. The molecule has 0 N–H and O–H groups in total. The van der Waals surface area contributed by atoms with Crippen LogP contribution in [0.15, 0.2) is 22.8 Å². The standard InChI is InChI=1S/C14H17BrN2/c1-2-11-5-6-14(7-11,10-16)8-13-4-3-12(15)9-17-13/h3-4,9,11H,2,5-8H2,1H3. The van der Waals surface area contributed by atoms with Gasteiger partial charge in [0.25, 0.3) is 0 Å². The van der Waals surface area contributed by atoms with Crippen molar-refractivity contribution in [2.24, 2.45) is 11.3 Å². The van der Waals surface area contributed by atoms with E-state index in [0.717, 1.165) is 35.3 Å². The molecule has 0 radical (unpaired) electrons. The molecule has 0 aromatic carbocycles. The Balaban J connectivity index is 2.11. The lowest BCUT2D eigenvalue weighted by molar-refractivity contribution is 0.377. The summed E-state index contributed by atoms with van der Waals surface area (Å²) < 4.78 is 0.991. The fraction of sp³-hybridized carbons (Fsp3) is 0.571. The number of aromatic nitrogens is 1. The zero-order valence-electron chi connectivity index (χ0n) is 10.1. The quantitative estimate of drug-likeness (QED) is 0.841. The van der Waals surface area contributed by atoms with Crippen LogP contribution in [0.5, 0.6) is 0 Å². The van der Waals surface area contributed by atoms with E-state index in [0.29, 0.717) is 0 Å². The molecule has 1 fully saturated rings. The smallest absolute Gasteiger partial charge is 0.0693 e.